The smallest absolute Gasteiger partial charge is 0.252 e. The number of amides is 2. The monoisotopic (exact) mass is 456 g/mol. The van der Waals surface area contributed by atoms with Gasteiger partial charge in [0.25, 0.3) is 5.91 Å². The number of hydrogen-bond acceptors (Lipinski definition) is 7. The molecular formula is C24H20N6O4. The molecule has 0 saturated carbocycles. The van der Waals surface area contributed by atoms with Crippen LogP contribution in [0.4, 0.5) is 0 Å². The maximum absolute atomic E-state index is 13.1. The van der Waals surface area contributed by atoms with Gasteiger partial charge in [-0.1, -0.05) is 0 Å². The van der Waals surface area contributed by atoms with Gasteiger partial charge < -0.3 is 19.5 Å². The minimum atomic E-state index is -0.414. The third-order valence-electron chi connectivity index (χ3n) is 5.15. The van der Waals surface area contributed by atoms with Gasteiger partial charge in [-0.05, 0) is 42.5 Å². The highest BCUT2D eigenvalue weighted by atomic mass is 16.3. The zero-order chi connectivity index (χ0) is 23.3. The highest BCUT2D eigenvalue weighted by Crippen LogP contribution is 2.25. The van der Waals surface area contributed by atoms with E-state index < -0.39 is 5.91 Å². The summed E-state index contributed by atoms with van der Waals surface area (Å²) in [6.07, 6.45) is 8.04. The Balaban J connectivity index is 1.41. The van der Waals surface area contributed by atoms with Gasteiger partial charge in [0.1, 0.15) is 18.1 Å². The Hall–Kier alpha value is -4.73. The van der Waals surface area contributed by atoms with E-state index in [2.05, 4.69) is 20.7 Å². The highest BCUT2D eigenvalue weighted by Gasteiger charge is 2.19. The fourth-order valence-corrected chi connectivity index (χ4v) is 3.48. The molecule has 2 amide bonds. The van der Waals surface area contributed by atoms with Crippen molar-refractivity contribution in [2.75, 3.05) is 6.54 Å². The van der Waals surface area contributed by atoms with Crippen LogP contribution in [0.25, 0.3) is 22.3 Å². The molecule has 34 heavy (non-hydrogen) atoms. The van der Waals surface area contributed by atoms with Crippen molar-refractivity contribution >= 4 is 22.8 Å². The average molecular weight is 456 g/mol. The molecule has 10 heteroatoms. The second kappa shape index (κ2) is 9.41. The van der Waals surface area contributed by atoms with Crippen molar-refractivity contribution < 1.29 is 18.4 Å². The van der Waals surface area contributed by atoms with Gasteiger partial charge >= 0.3 is 0 Å². The summed E-state index contributed by atoms with van der Waals surface area (Å²) >= 11 is 0. The second-order valence-corrected chi connectivity index (χ2v) is 7.45. The van der Waals surface area contributed by atoms with Crippen LogP contribution in [-0.4, -0.2) is 38.1 Å². The normalized spacial score (nSPS) is 10.9. The van der Waals surface area contributed by atoms with Gasteiger partial charge in [-0.15, -0.1) is 0 Å². The topological polar surface area (TPSA) is 128 Å². The van der Waals surface area contributed by atoms with Gasteiger partial charge in [0.05, 0.1) is 48.5 Å². The quantitative estimate of drug-likeness (QED) is 0.367. The number of nitrogens with zero attached hydrogens (tertiary/aromatic N) is 4. The minimum Gasteiger partial charge on any atom is -0.467 e. The van der Waals surface area contributed by atoms with Crippen molar-refractivity contribution in [1.82, 2.24) is 30.4 Å². The van der Waals surface area contributed by atoms with Crippen LogP contribution in [0.15, 0.2) is 82.4 Å². The summed E-state index contributed by atoms with van der Waals surface area (Å²) in [7, 11) is 0. The van der Waals surface area contributed by atoms with E-state index in [1.54, 1.807) is 59.9 Å². The molecule has 5 aromatic heterocycles. The third-order valence-corrected chi connectivity index (χ3v) is 5.15. The molecule has 0 aliphatic carbocycles. The van der Waals surface area contributed by atoms with Crippen LogP contribution >= 0.6 is 0 Å². The van der Waals surface area contributed by atoms with Crippen molar-refractivity contribution in [3.05, 3.63) is 90.7 Å². The van der Waals surface area contributed by atoms with E-state index in [0.717, 1.165) is 5.56 Å². The van der Waals surface area contributed by atoms with E-state index in [0.29, 0.717) is 40.4 Å². The summed E-state index contributed by atoms with van der Waals surface area (Å²) in [5.41, 5.74) is 2.19. The molecule has 5 aromatic rings. The van der Waals surface area contributed by atoms with Crippen LogP contribution in [0, 0.1) is 0 Å². The molecule has 5 heterocycles. The molecule has 2 N–H and O–H groups in total. The molecule has 0 saturated heterocycles. The molecule has 5 rings (SSSR count). The molecular weight excluding hydrogens is 436 g/mol. The first-order valence-electron chi connectivity index (χ1n) is 10.5. The molecule has 0 fully saturated rings. The Morgan fingerprint density at radius 3 is 2.53 bits per heavy atom. The van der Waals surface area contributed by atoms with E-state index in [1.807, 2.05) is 12.1 Å². The summed E-state index contributed by atoms with van der Waals surface area (Å²) in [6.45, 7) is 0.411. The van der Waals surface area contributed by atoms with E-state index in [1.165, 1.54) is 6.26 Å². The number of carbonyl (C=O) groups excluding carboxylic acids is 2. The first-order valence-corrected chi connectivity index (χ1v) is 10.5. The van der Waals surface area contributed by atoms with Crippen molar-refractivity contribution in [3.63, 3.8) is 0 Å². The number of hydrogen-bond donors (Lipinski definition) is 2. The Labute approximate surface area is 193 Å². The van der Waals surface area contributed by atoms with Gasteiger partial charge in [-0.3, -0.25) is 14.6 Å². The fourth-order valence-electron chi connectivity index (χ4n) is 3.48. The summed E-state index contributed by atoms with van der Waals surface area (Å²) in [5, 5.41) is 10.3. The van der Waals surface area contributed by atoms with E-state index in [4.69, 9.17) is 13.8 Å². The lowest BCUT2D eigenvalue weighted by Crippen LogP contribution is -2.36. The SMILES string of the molecule is O=C(CNC(=O)c1cc(-c2cccnc2)nc2c1cnn2Cc1ccco1)NCc1ccco1. The summed E-state index contributed by atoms with van der Waals surface area (Å²) in [4.78, 5) is 34.2. The van der Waals surface area contributed by atoms with Crippen molar-refractivity contribution in [2.24, 2.45) is 0 Å². The molecule has 0 aliphatic heterocycles. The Bertz CT molecular complexity index is 1410. The van der Waals surface area contributed by atoms with Gasteiger partial charge in [0.15, 0.2) is 5.65 Å². The molecule has 0 bridgehead atoms. The molecule has 0 aliphatic rings. The number of rotatable bonds is 8. The second-order valence-electron chi connectivity index (χ2n) is 7.45. The minimum absolute atomic E-state index is 0.188. The number of nitrogens with one attached hydrogen (secondary N) is 2. The van der Waals surface area contributed by atoms with Crippen molar-refractivity contribution in [2.45, 2.75) is 13.1 Å². The van der Waals surface area contributed by atoms with Crippen molar-refractivity contribution in [1.29, 1.82) is 0 Å². The molecule has 10 nitrogen and oxygen atoms in total. The maximum Gasteiger partial charge on any atom is 0.252 e. The molecule has 0 aromatic carbocycles. The number of carbonyl (C=O) groups is 2. The summed E-state index contributed by atoms with van der Waals surface area (Å²) in [5.74, 6) is 0.581. The zero-order valence-corrected chi connectivity index (χ0v) is 18.0. The first kappa shape index (κ1) is 21.1. The largest absolute Gasteiger partial charge is 0.467 e. The Kier molecular flexibility index (Phi) is 5.85. The number of pyridine rings is 2. The van der Waals surface area contributed by atoms with Crippen LogP contribution in [0.5, 0.6) is 0 Å². The van der Waals surface area contributed by atoms with E-state index in [9.17, 15) is 9.59 Å². The summed E-state index contributed by atoms with van der Waals surface area (Å²) in [6, 6.07) is 12.5. The molecule has 0 unspecified atom stereocenters. The standard InChI is InChI=1S/C24H20N6O4/c31-22(26-12-17-5-2-8-33-17)14-27-24(32)19-10-21(16-4-1-7-25-11-16)29-23-20(19)13-28-30(23)15-18-6-3-9-34-18/h1-11,13H,12,14-15H2,(H,26,31)(H,27,32). The molecule has 0 spiro atoms. The predicted molar refractivity (Wildman–Crippen MR) is 121 cm³/mol. The van der Waals surface area contributed by atoms with E-state index in [-0.39, 0.29) is 19.0 Å². The molecule has 0 atom stereocenters. The number of aromatic nitrogens is 4. The van der Waals surface area contributed by atoms with Gasteiger partial charge in [0, 0.05) is 18.0 Å². The lowest BCUT2D eigenvalue weighted by Gasteiger charge is -2.10. The predicted octanol–water partition coefficient (Wildman–Crippen LogP) is 2.77. The first-order chi connectivity index (χ1) is 16.7. The van der Waals surface area contributed by atoms with Gasteiger partial charge in [0.2, 0.25) is 5.91 Å². The third kappa shape index (κ3) is 4.56. The maximum atomic E-state index is 13.1. The number of fused-ring (bicyclic) bond motifs is 1. The van der Waals surface area contributed by atoms with Crippen LogP contribution in [0.2, 0.25) is 0 Å². The van der Waals surface area contributed by atoms with Gasteiger partial charge in [-0.25, -0.2) is 9.67 Å². The number of furan rings is 2. The summed E-state index contributed by atoms with van der Waals surface area (Å²) < 4.78 is 12.3. The fraction of sp³-hybridized carbons (Fsp3) is 0.125. The molecule has 0 radical (unpaired) electrons. The highest BCUT2D eigenvalue weighted by molar-refractivity contribution is 6.07. The van der Waals surface area contributed by atoms with E-state index >= 15 is 0 Å². The molecule has 170 valence electrons. The zero-order valence-electron chi connectivity index (χ0n) is 18.0. The van der Waals surface area contributed by atoms with Crippen LogP contribution in [0.3, 0.4) is 0 Å². The van der Waals surface area contributed by atoms with Gasteiger partial charge in [-0.2, -0.15) is 5.10 Å². The van der Waals surface area contributed by atoms with Crippen LogP contribution in [0.1, 0.15) is 21.9 Å². The lowest BCUT2D eigenvalue weighted by molar-refractivity contribution is -0.120. The van der Waals surface area contributed by atoms with Crippen LogP contribution in [-0.2, 0) is 17.9 Å². The lowest BCUT2D eigenvalue weighted by atomic mass is 10.1. The average Bonchev–Trinajstić information content (AvgIpc) is 3.64. The Morgan fingerprint density at radius 1 is 0.971 bits per heavy atom. The Morgan fingerprint density at radius 2 is 1.79 bits per heavy atom. The van der Waals surface area contributed by atoms with Crippen LogP contribution < -0.4 is 10.6 Å². The van der Waals surface area contributed by atoms with Crippen molar-refractivity contribution in [3.8, 4) is 11.3 Å².